The first-order valence-electron chi connectivity index (χ1n) is 5.86. The van der Waals surface area contributed by atoms with Crippen molar-refractivity contribution in [3.8, 4) is 0 Å². The summed E-state index contributed by atoms with van der Waals surface area (Å²) in [4.78, 5) is 12.4. The molecule has 0 amide bonds. The van der Waals surface area contributed by atoms with Gasteiger partial charge in [0.2, 0.25) is 0 Å². The number of anilines is 1. The Balaban J connectivity index is 2.07. The van der Waals surface area contributed by atoms with Crippen LogP contribution in [0.3, 0.4) is 0 Å². The van der Waals surface area contributed by atoms with Crippen molar-refractivity contribution < 1.29 is 4.92 Å². The van der Waals surface area contributed by atoms with Gasteiger partial charge in [0, 0.05) is 37.5 Å². The second-order valence-corrected chi connectivity index (χ2v) is 4.38. The Morgan fingerprint density at radius 3 is 2.65 bits per heavy atom. The Labute approximate surface area is 101 Å². The molecule has 1 fully saturated rings. The first-order valence-corrected chi connectivity index (χ1v) is 5.86. The van der Waals surface area contributed by atoms with Crippen molar-refractivity contribution in [3.63, 3.8) is 0 Å². The van der Waals surface area contributed by atoms with Gasteiger partial charge < -0.3 is 10.2 Å². The minimum atomic E-state index is -0.369. The molecule has 1 aliphatic rings. The van der Waals surface area contributed by atoms with Gasteiger partial charge in [-0.3, -0.25) is 10.1 Å². The summed E-state index contributed by atoms with van der Waals surface area (Å²) in [5, 5.41) is 13.9. The molecule has 1 saturated heterocycles. The van der Waals surface area contributed by atoms with Gasteiger partial charge in [0.05, 0.1) is 4.92 Å². The molecule has 1 aromatic rings. The number of nitro groups is 1. The lowest BCUT2D eigenvalue weighted by atomic mass is 10.1. The zero-order valence-corrected chi connectivity index (χ0v) is 9.93. The Morgan fingerprint density at radius 1 is 1.41 bits per heavy atom. The van der Waals surface area contributed by atoms with Crippen LogP contribution < -0.4 is 10.2 Å². The van der Waals surface area contributed by atoms with Crippen molar-refractivity contribution in [1.82, 2.24) is 5.32 Å². The molecule has 1 N–H and O–H groups in total. The molecule has 0 bridgehead atoms. The van der Waals surface area contributed by atoms with E-state index in [1.807, 2.05) is 19.2 Å². The van der Waals surface area contributed by atoms with E-state index in [2.05, 4.69) is 10.2 Å². The highest BCUT2D eigenvalue weighted by atomic mass is 16.6. The van der Waals surface area contributed by atoms with Gasteiger partial charge in [0.25, 0.3) is 5.69 Å². The van der Waals surface area contributed by atoms with Gasteiger partial charge in [-0.2, -0.15) is 0 Å². The Kier molecular flexibility index (Phi) is 3.58. The number of nitro benzene ring substituents is 1. The Hall–Kier alpha value is -1.62. The van der Waals surface area contributed by atoms with Gasteiger partial charge >= 0.3 is 0 Å². The van der Waals surface area contributed by atoms with Crippen LogP contribution in [-0.4, -0.2) is 31.1 Å². The molecule has 17 heavy (non-hydrogen) atoms. The zero-order chi connectivity index (χ0) is 12.3. The van der Waals surface area contributed by atoms with Gasteiger partial charge in [-0.1, -0.05) is 0 Å². The summed E-state index contributed by atoms with van der Waals surface area (Å²) in [5.41, 5.74) is 1.17. The summed E-state index contributed by atoms with van der Waals surface area (Å²) in [6, 6.07) is 7.22. The molecule has 1 aliphatic heterocycles. The first kappa shape index (κ1) is 11.9. The van der Waals surface area contributed by atoms with E-state index in [1.54, 1.807) is 12.1 Å². The third-order valence-electron chi connectivity index (χ3n) is 3.29. The molecule has 0 radical (unpaired) electrons. The second kappa shape index (κ2) is 5.14. The van der Waals surface area contributed by atoms with Crippen molar-refractivity contribution in [3.05, 3.63) is 34.4 Å². The van der Waals surface area contributed by atoms with Crippen molar-refractivity contribution in [2.75, 3.05) is 25.0 Å². The highest BCUT2D eigenvalue weighted by Crippen LogP contribution is 2.21. The number of rotatable bonds is 3. The summed E-state index contributed by atoms with van der Waals surface area (Å²) in [6.45, 7) is 2.07. The van der Waals surface area contributed by atoms with E-state index in [0.29, 0.717) is 6.04 Å². The Bertz CT molecular complexity index is 385. The number of nitrogens with one attached hydrogen (secondary N) is 1. The normalized spacial score (nSPS) is 19.9. The fourth-order valence-corrected chi connectivity index (χ4v) is 2.18. The summed E-state index contributed by atoms with van der Waals surface area (Å²) in [5.74, 6) is 0. The highest BCUT2D eigenvalue weighted by Gasteiger charge is 2.18. The van der Waals surface area contributed by atoms with Crippen molar-refractivity contribution in [1.29, 1.82) is 0 Å². The van der Waals surface area contributed by atoms with Crippen LogP contribution in [0.5, 0.6) is 0 Å². The summed E-state index contributed by atoms with van der Waals surface area (Å²) in [7, 11) is 2.04. The molecule has 5 nitrogen and oxygen atoms in total. The lowest BCUT2D eigenvalue weighted by Gasteiger charge is -2.33. The van der Waals surface area contributed by atoms with Crippen molar-refractivity contribution in [2.45, 2.75) is 18.9 Å². The molecule has 1 atom stereocenters. The quantitative estimate of drug-likeness (QED) is 0.641. The van der Waals surface area contributed by atoms with Crippen molar-refractivity contribution >= 4 is 11.4 Å². The highest BCUT2D eigenvalue weighted by molar-refractivity contribution is 5.51. The van der Waals surface area contributed by atoms with Crippen LogP contribution in [0.1, 0.15) is 12.8 Å². The van der Waals surface area contributed by atoms with E-state index >= 15 is 0 Å². The number of nitrogens with zero attached hydrogens (tertiary/aromatic N) is 2. The van der Waals surface area contributed by atoms with E-state index in [4.69, 9.17) is 0 Å². The average molecular weight is 235 g/mol. The molecule has 2 rings (SSSR count). The maximum atomic E-state index is 10.6. The third-order valence-corrected chi connectivity index (χ3v) is 3.29. The first-order chi connectivity index (χ1) is 8.18. The van der Waals surface area contributed by atoms with E-state index in [-0.39, 0.29) is 10.6 Å². The molecule has 0 saturated carbocycles. The van der Waals surface area contributed by atoms with Crippen LogP contribution >= 0.6 is 0 Å². The molecule has 1 unspecified atom stereocenters. The third kappa shape index (κ3) is 2.74. The van der Waals surface area contributed by atoms with Gasteiger partial charge in [0.1, 0.15) is 0 Å². The fourth-order valence-electron chi connectivity index (χ4n) is 2.18. The minimum absolute atomic E-state index is 0.143. The predicted octanol–water partition coefficient (Wildman–Crippen LogP) is 1.78. The number of benzene rings is 1. The van der Waals surface area contributed by atoms with Crippen molar-refractivity contribution in [2.24, 2.45) is 0 Å². The van der Waals surface area contributed by atoms with Crippen LogP contribution in [0.4, 0.5) is 11.4 Å². The molecule has 0 aliphatic carbocycles. The fraction of sp³-hybridized carbons (Fsp3) is 0.500. The van der Waals surface area contributed by atoms with Crippen LogP contribution in [-0.2, 0) is 0 Å². The van der Waals surface area contributed by atoms with Gasteiger partial charge in [-0.05, 0) is 31.5 Å². The molecule has 1 aromatic carbocycles. The maximum Gasteiger partial charge on any atom is 0.269 e. The van der Waals surface area contributed by atoms with E-state index in [0.717, 1.165) is 18.8 Å². The Morgan fingerprint density at radius 2 is 2.12 bits per heavy atom. The average Bonchev–Trinajstić information content (AvgIpc) is 2.39. The van der Waals surface area contributed by atoms with Crippen LogP contribution in [0.2, 0.25) is 0 Å². The summed E-state index contributed by atoms with van der Waals surface area (Å²) >= 11 is 0. The monoisotopic (exact) mass is 235 g/mol. The minimum Gasteiger partial charge on any atom is -0.370 e. The number of hydrogen-bond acceptors (Lipinski definition) is 4. The molecule has 92 valence electrons. The molecule has 0 aromatic heterocycles. The summed E-state index contributed by atoms with van der Waals surface area (Å²) < 4.78 is 0. The van der Waals surface area contributed by atoms with Crippen LogP contribution in [0, 0.1) is 10.1 Å². The zero-order valence-electron chi connectivity index (χ0n) is 9.93. The smallest absolute Gasteiger partial charge is 0.269 e. The number of hydrogen-bond donors (Lipinski definition) is 1. The molecule has 5 heteroatoms. The summed E-state index contributed by atoms with van der Waals surface area (Å²) in [6.07, 6.45) is 2.35. The SMILES string of the molecule is CN(c1ccc([N+](=O)[O-])cc1)C1CCCNC1. The van der Waals surface area contributed by atoms with Gasteiger partial charge in [-0.25, -0.2) is 0 Å². The number of non-ortho nitro benzene ring substituents is 1. The van der Waals surface area contributed by atoms with Gasteiger partial charge in [0.15, 0.2) is 0 Å². The van der Waals surface area contributed by atoms with Crippen LogP contribution in [0.25, 0.3) is 0 Å². The lowest BCUT2D eigenvalue weighted by Crippen LogP contribution is -2.44. The lowest BCUT2D eigenvalue weighted by molar-refractivity contribution is -0.384. The number of piperidine rings is 1. The van der Waals surface area contributed by atoms with E-state index in [1.165, 1.54) is 12.8 Å². The van der Waals surface area contributed by atoms with Crippen LogP contribution in [0.15, 0.2) is 24.3 Å². The maximum absolute atomic E-state index is 10.6. The predicted molar refractivity (Wildman–Crippen MR) is 67.4 cm³/mol. The second-order valence-electron chi connectivity index (χ2n) is 4.38. The van der Waals surface area contributed by atoms with E-state index < -0.39 is 0 Å². The standard InChI is InChI=1S/C12H17N3O2/c1-14(12-3-2-8-13-9-12)10-4-6-11(7-5-10)15(16)17/h4-7,12-13H,2-3,8-9H2,1H3. The molecule has 1 heterocycles. The molecular formula is C12H17N3O2. The largest absolute Gasteiger partial charge is 0.370 e. The molecular weight excluding hydrogens is 218 g/mol. The topological polar surface area (TPSA) is 58.4 Å². The molecule has 0 spiro atoms. The van der Waals surface area contributed by atoms with Gasteiger partial charge in [-0.15, -0.1) is 0 Å². The number of likely N-dealkylation sites (N-methyl/N-ethyl adjacent to an activating group) is 1. The van der Waals surface area contributed by atoms with E-state index in [9.17, 15) is 10.1 Å².